The summed E-state index contributed by atoms with van der Waals surface area (Å²) in [4.78, 5) is 24.5. The predicted octanol–water partition coefficient (Wildman–Crippen LogP) is 1.20. The van der Waals surface area contributed by atoms with Gasteiger partial charge in [-0.1, -0.05) is 19.8 Å². The van der Waals surface area contributed by atoms with Gasteiger partial charge in [0.05, 0.1) is 19.1 Å². The van der Waals surface area contributed by atoms with E-state index in [4.69, 9.17) is 15.1 Å². The molecule has 0 radical (unpaired) electrons. The Morgan fingerprint density at radius 2 is 2.15 bits per heavy atom. The van der Waals surface area contributed by atoms with E-state index in [1.54, 1.807) is 0 Å². The molecule has 0 aromatic carbocycles. The van der Waals surface area contributed by atoms with Crippen LogP contribution in [0.5, 0.6) is 0 Å². The summed E-state index contributed by atoms with van der Waals surface area (Å²) in [5.74, 6) is -1.04. The Kier molecular flexibility index (Phi) is 10.1. The van der Waals surface area contributed by atoms with E-state index in [1.807, 2.05) is 13.0 Å². The SMILES string of the molecule is CCCC[C@H](NC(=O)N(CCC#N)CCOC)C(=O)O. The van der Waals surface area contributed by atoms with Crippen LogP contribution in [-0.4, -0.2) is 54.9 Å². The first kappa shape index (κ1) is 18.2. The molecule has 0 fully saturated rings. The summed E-state index contributed by atoms with van der Waals surface area (Å²) < 4.78 is 4.90. The number of unbranched alkanes of at least 4 members (excludes halogenated alkanes) is 1. The van der Waals surface area contributed by atoms with E-state index < -0.39 is 18.0 Å². The summed E-state index contributed by atoms with van der Waals surface area (Å²) in [5.41, 5.74) is 0. The fraction of sp³-hybridized carbons (Fsp3) is 0.769. The lowest BCUT2D eigenvalue weighted by atomic mass is 10.1. The maximum Gasteiger partial charge on any atom is 0.326 e. The van der Waals surface area contributed by atoms with Gasteiger partial charge >= 0.3 is 12.0 Å². The van der Waals surface area contributed by atoms with Gasteiger partial charge in [0.2, 0.25) is 0 Å². The molecule has 0 aliphatic rings. The van der Waals surface area contributed by atoms with Gasteiger partial charge in [-0.05, 0) is 6.42 Å². The molecular formula is C13H23N3O4. The van der Waals surface area contributed by atoms with Crippen molar-refractivity contribution >= 4 is 12.0 Å². The molecule has 0 unspecified atom stereocenters. The first-order valence-corrected chi connectivity index (χ1v) is 6.70. The lowest BCUT2D eigenvalue weighted by Crippen LogP contribution is -2.49. The summed E-state index contributed by atoms with van der Waals surface area (Å²) in [5, 5.41) is 20.1. The number of carbonyl (C=O) groups is 2. The lowest BCUT2D eigenvalue weighted by molar-refractivity contribution is -0.139. The van der Waals surface area contributed by atoms with E-state index in [0.717, 1.165) is 12.8 Å². The normalized spacial score (nSPS) is 11.4. The monoisotopic (exact) mass is 285 g/mol. The zero-order chi connectivity index (χ0) is 15.4. The lowest BCUT2D eigenvalue weighted by Gasteiger charge is -2.24. The first-order chi connectivity index (χ1) is 9.56. The highest BCUT2D eigenvalue weighted by Crippen LogP contribution is 2.03. The summed E-state index contributed by atoms with van der Waals surface area (Å²) in [6.07, 6.45) is 2.19. The molecule has 2 N–H and O–H groups in total. The third kappa shape index (κ3) is 7.59. The van der Waals surface area contributed by atoms with Crippen molar-refractivity contribution in [1.29, 1.82) is 5.26 Å². The standard InChI is InChI=1S/C13H23N3O4/c1-3-4-6-11(12(17)18)15-13(19)16(8-5-7-14)9-10-20-2/h11H,3-6,8-10H2,1-2H3,(H,15,19)(H,17,18)/t11-/m0/s1. The van der Waals surface area contributed by atoms with Gasteiger partial charge in [0.1, 0.15) is 6.04 Å². The van der Waals surface area contributed by atoms with E-state index in [2.05, 4.69) is 5.32 Å². The molecule has 0 saturated carbocycles. The second-order valence-corrected chi connectivity index (χ2v) is 4.37. The fourth-order valence-corrected chi connectivity index (χ4v) is 1.61. The molecular weight excluding hydrogens is 262 g/mol. The van der Waals surface area contributed by atoms with E-state index in [0.29, 0.717) is 19.6 Å². The van der Waals surface area contributed by atoms with Crippen LogP contribution in [0, 0.1) is 11.3 Å². The third-order valence-electron chi connectivity index (χ3n) is 2.79. The van der Waals surface area contributed by atoms with Gasteiger partial charge in [-0.25, -0.2) is 9.59 Å². The number of nitriles is 1. The molecule has 114 valence electrons. The number of nitrogens with zero attached hydrogens (tertiary/aromatic N) is 2. The Balaban J connectivity index is 4.51. The van der Waals surface area contributed by atoms with Crippen molar-refractivity contribution in [2.45, 2.75) is 38.6 Å². The number of rotatable bonds is 10. The molecule has 0 saturated heterocycles. The molecule has 0 spiro atoms. The molecule has 7 heteroatoms. The van der Waals surface area contributed by atoms with Gasteiger partial charge < -0.3 is 20.1 Å². The largest absolute Gasteiger partial charge is 0.480 e. The van der Waals surface area contributed by atoms with Crippen LogP contribution in [-0.2, 0) is 9.53 Å². The summed E-state index contributed by atoms with van der Waals surface area (Å²) >= 11 is 0. The third-order valence-corrected chi connectivity index (χ3v) is 2.79. The van der Waals surface area contributed by atoms with E-state index in [1.165, 1.54) is 12.0 Å². The number of hydrogen-bond acceptors (Lipinski definition) is 4. The number of carboxylic acid groups (broad SMARTS) is 1. The van der Waals surface area contributed by atoms with Crippen LogP contribution in [0.1, 0.15) is 32.6 Å². The molecule has 0 aromatic heterocycles. The smallest absolute Gasteiger partial charge is 0.326 e. The number of carboxylic acids is 1. The van der Waals surface area contributed by atoms with Crippen molar-refractivity contribution in [3.8, 4) is 6.07 Å². The van der Waals surface area contributed by atoms with Crippen LogP contribution in [0.2, 0.25) is 0 Å². The van der Waals surface area contributed by atoms with Crippen LogP contribution in [0.3, 0.4) is 0 Å². The average molecular weight is 285 g/mol. The van der Waals surface area contributed by atoms with Crippen molar-refractivity contribution in [2.24, 2.45) is 0 Å². The van der Waals surface area contributed by atoms with Crippen molar-refractivity contribution in [2.75, 3.05) is 26.8 Å². The molecule has 2 amide bonds. The van der Waals surface area contributed by atoms with Crippen molar-refractivity contribution in [3.63, 3.8) is 0 Å². The van der Waals surface area contributed by atoms with E-state index in [9.17, 15) is 9.59 Å². The number of ether oxygens (including phenoxy) is 1. The Hall–Kier alpha value is -1.81. The minimum absolute atomic E-state index is 0.198. The fourth-order valence-electron chi connectivity index (χ4n) is 1.61. The van der Waals surface area contributed by atoms with Crippen LogP contribution < -0.4 is 5.32 Å². The van der Waals surface area contributed by atoms with Crippen LogP contribution in [0.15, 0.2) is 0 Å². The highest BCUT2D eigenvalue weighted by atomic mass is 16.5. The quantitative estimate of drug-likeness (QED) is 0.628. The first-order valence-electron chi connectivity index (χ1n) is 6.70. The van der Waals surface area contributed by atoms with E-state index >= 15 is 0 Å². The molecule has 0 aliphatic heterocycles. The Bertz CT molecular complexity index is 341. The molecule has 1 atom stereocenters. The summed E-state index contributed by atoms with van der Waals surface area (Å²) in [6.45, 7) is 2.88. The van der Waals surface area contributed by atoms with Crippen LogP contribution in [0.4, 0.5) is 4.79 Å². The van der Waals surface area contributed by atoms with Crippen LogP contribution >= 0.6 is 0 Å². The molecule has 0 bridgehead atoms. The zero-order valence-corrected chi connectivity index (χ0v) is 12.1. The van der Waals surface area contributed by atoms with E-state index in [-0.39, 0.29) is 13.0 Å². The van der Waals surface area contributed by atoms with Gasteiger partial charge in [0.15, 0.2) is 0 Å². The number of aliphatic carboxylic acids is 1. The number of carbonyl (C=O) groups excluding carboxylic acids is 1. The minimum Gasteiger partial charge on any atom is -0.480 e. The van der Waals surface area contributed by atoms with Crippen molar-refractivity contribution < 1.29 is 19.4 Å². The highest BCUT2D eigenvalue weighted by molar-refractivity contribution is 5.82. The maximum atomic E-state index is 12.0. The number of urea groups is 1. The Morgan fingerprint density at radius 1 is 1.45 bits per heavy atom. The van der Waals surface area contributed by atoms with Gasteiger partial charge in [-0.2, -0.15) is 5.26 Å². The molecule has 0 rings (SSSR count). The number of methoxy groups -OCH3 is 1. The Labute approximate surface area is 119 Å². The molecule has 20 heavy (non-hydrogen) atoms. The molecule has 0 aromatic rings. The number of amides is 2. The molecule has 7 nitrogen and oxygen atoms in total. The average Bonchev–Trinajstić information content (AvgIpc) is 2.43. The van der Waals surface area contributed by atoms with Crippen molar-refractivity contribution in [3.05, 3.63) is 0 Å². The molecule has 0 aliphatic carbocycles. The second-order valence-electron chi connectivity index (χ2n) is 4.37. The van der Waals surface area contributed by atoms with Gasteiger partial charge in [-0.3, -0.25) is 0 Å². The number of hydrogen-bond donors (Lipinski definition) is 2. The summed E-state index contributed by atoms with van der Waals surface area (Å²) in [6, 6.07) is 0.596. The topological polar surface area (TPSA) is 103 Å². The second kappa shape index (κ2) is 11.1. The minimum atomic E-state index is -1.04. The van der Waals surface area contributed by atoms with Crippen molar-refractivity contribution in [1.82, 2.24) is 10.2 Å². The zero-order valence-electron chi connectivity index (χ0n) is 12.1. The van der Waals surface area contributed by atoms with Crippen LogP contribution in [0.25, 0.3) is 0 Å². The highest BCUT2D eigenvalue weighted by Gasteiger charge is 2.22. The molecule has 0 heterocycles. The maximum absolute atomic E-state index is 12.0. The predicted molar refractivity (Wildman–Crippen MR) is 73.2 cm³/mol. The van der Waals surface area contributed by atoms with Gasteiger partial charge in [0.25, 0.3) is 0 Å². The van der Waals surface area contributed by atoms with Gasteiger partial charge in [0, 0.05) is 20.2 Å². The summed E-state index contributed by atoms with van der Waals surface area (Å²) in [7, 11) is 1.52. The Morgan fingerprint density at radius 3 is 2.65 bits per heavy atom. The number of nitrogens with one attached hydrogen (secondary N) is 1. The van der Waals surface area contributed by atoms with Gasteiger partial charge in [-0.15, -0.1) is 0 Å².